The van der Waals surface area contributed by atoms with Crippen LogP contribution in [0.4, 0.5) is 0 Å². The number of benzene rings is 2. The Labute approximate surface area is 207 Å². The largest absolute Gasteiger partial charge is 0.352 e. The highest BCUT2D eigenvalue weighted by Gasteiger charge is 2.29. The van der Waals surface area contributed by atoms with E-state index in [0.717, 1.165) is 10.0 Å². The van der Waals surface area contributed by atoms with E-state index in [1.54, 1.807) is 23.1 Å². The topological polar surface area (TPSA) is 49.4 Å². The lowest BCUT2D eigenvalue weighted by molar-refractivity contribution is -0.139. The Morgan fingerprint density at radius 2 is 1.71 bits per heavy atom. The van der Waals surface area contributed by atoms with Gasteiger partial charge in [0.25, 0.3) is 0 Å². The Hall–Kier alpha value is -1.21. The van der Waals surface area contributed by atoms with Gasteiger partial charge in [0.1, 0.15) is 6.04 Å². The summed E-state index contributed by atoms with van der Waals surface area (Å²) in [5.74, 6) is 0.661. The molecular weight excluding hydrogens is 519 g/mol. The molecule has 0 aliphatic carbocycles. The average Bonchev–Trinajstić information content (AvgIpc) is 2.70. The van der Waals surface area contributed by atoms with Crippen molar-refractivity contribution in [3.8, 4) is 0 Å². The number of hydrogen-bond donors (Lipinski definition) is 1. The lowest BCUT2D eigenvalue weighted by atomic mass is 10.1. The first-order valence-electron chi connectivity index (χ1n) is 10.1. The van der Waals surface area contributed by atoms with Gasteiger partial charge in [-0.25, -0.2) is 0 Å². The van der Waals surface area contributed by atoms with Gasteiger partial charge in [0.15, 0.2) is 0 Å². The summed E-state index contributed by atoms with van der Waals surface area (Å²) in [6.07, 6.45) is 0.490. The Bertz CT molecular complexity index is 873. The first kappa shape index (κ1) is 26.0. The number of amides is 2. The number of hydrogen-bond acceptors (Lipinski definition) is 3. The second-order valence-electron chi connectivity index (χ2n) is 7.43. The number of thioether (sulfide) groups is 1. The van der Waals surface area contributed by atoms with Crippen molar-refractivity contribution < 1.29 is 9.59 Å². The molecular formula is C23H27BrCl2N2O2S. The Kier molecular flexibility index (Phi) is 10.7. The van der Waals surface area contributed by atoms with E-state index >= 15 is 0 Å². The molecule has 1 N–H and O–H groups in total. The molecule has 2 aromatic carbocycles. The van der Waals surface area contributed by atoms with Gasteiger partial charge in [0, 0.05) is 38.4 Å². The van der Waals surface area contributed by atoms with E-state index in [1.165, 1.54) is 11.8 Å². The van der Waals surface area contributed by atoms with Crippen LogP contribution < -0.4 is 5.32 Å². The monoisotopic (exact) mass is 544 g/mol. The van der Waals surface area contributed by atoms with Crippen LogP contribution in [0.3, 0.4) is 0 Å². The SMILES string of the molecule is CC[C@H](C(=O)NC(C)C)N(Cc1c(Cl)cccc1Cl)C(=O)CSCc1ccc(Br)cc1. The van der Waals surface area contributed by atoms with Crippen LogP contribution in [0, 0.1) is 0 Å². The molecule has 0 aliphatic rings. The van der Waals surface area contributed by atoms with Crippen LogP contribution in [0.1, 0.15) is 38.3 Å². The summed E-state index contributed by atoms with van der Waals surface area (Å²) in [6, 6.07) is 12.6. The fourth-order valence-electron chi connectivity index (χ4n) is 3.07. The van der Waals surface area contributed by atoms with Crippen LogP contribution in [-0.2, 0) is 21.9 Å². The first-order chi connectivity index (χ1) is 14.7. The summed E-state index contributed by atoms with van der Waals surface area (Å²) in [4.78, 5) is 27.7. The molecule has 0 heterocycles. The third kappa shape index (κ3) is 8.01. The Balaban J connectivity index is 2.19. The fraction of sp³-hybridized carbons (Fsp3) is 0.391. The van der Waals surface area contributed by atoms with E-state index in [4.69, 9.17) is 23.2 Å². The predicted octanol–water partition coefficient (Wildman–Crippen LogP) is 6.32. The van der Waals surface area contributed by atoms with Gasteiger partial charge >= 0.3 is 0 Å². The van der Waals surface area contributed by atoms with Crippen LogP contribution in [0.2, 0.25) is 10.0 Å². The molecule has 0 fully saturated rings. The van der Waals surface area contributed by atoms with Gasteiger partial charge in [0.2, 0.25) is 11.8 Å². The highest BCUT2D eigenvalue weighted by Crippen LogP contribution is 2.27. The van der Waals surface area contributed by atoms with Crippen molar-refractivity contribution in [2.75, 3.05) is 5.75 Å². The number of carbonyl (C=O) groups excluding carboxylic acids is 2. The van der Waals surface area contributed by atoms with Gasteiger partial charge in [-0.2, -0.15) is 0 Å². The van der Waals surface area contributed by atoms with Gasteiger partial charge < -0.3 is 10.2 Å². The first-order valence-corrected chi connectivity index (χ1v) is 12.8. The van der Waals surface area contributed by atoms with Crippen molar-refractivity contribution in [1.82, 2.24) is 10.2 Å². The summed E-state index contributed by atoms with van der Waals surface area (Å²) in [5.41, 5.74) is 1.78. The Morgan fingerprint density at radius 3 is 2.26 bits per heavy atom. The van der Waals surface area contributed by atoms with Gasteiger partial charge in [-0.05, 0) is 50.1 Å². The summed E-state index contributed by atoms with van der Waals surface area (Å²) in [7, 11) is 0. The highest BCUT2D eigenvalue weighted by atomic mass is 79.9. The zero-order chi connectivity index (χ0) is 23.0. The minimum absolute atomic E-state index is 0.0193. The zero-order valence-corrected chi connectivity index (χ0v) is 21.7. The molecule has 31 heavy (non-hydrogen) atoms. The molecule has 2 rings (SSSR count). The number of carbonyl (C=O) groups is 2. The number of nitrogens with one attached hydrogen (secondary N) is 1. The van der Waals surface area contributed by atoms with Crippen molar-refractivity contribution in [3.05, 3.63) is 68.1 Å². The van der Waals surface area contributed by atoms with E-state index in [1.807, 2.05) is 45.0 Å². The molecule has 0 saturated carbocycles. The summed E-state index contributed by atoms with van der Waals surface area (Å²) in [6.45, 7) is 5.87. The third-order valence-corrected chi connectivity index (χ3v) is 6.84. The number of rotatable bonds is 10. The molecule has 0 unspecified atom stereocenters. The summed E-state index contributed by atoms with van der Waals surface area (Å²) < 4.78 is 1.02. The van der Waals surface area contributed by atoms with Crippen molar-refractivity contribution >= 4 is 62.7 Å². The minimum Gasteiger partial charge on any atom is -0.352 e. The maximum atomic E-state index is 13.2. The maximum Gasteiger partial charge on any atom is 0.243 e. The van der Waals surface area contributed by atoms with Crippen molar-refractivity contribution in [2.45, 2.75) is 51.6 Å². The zero-order valence-electron chi connectivity index (χ0n) is 17.8. The van der Waals surface area contributed by atoms with Crippen LogP contribution in [0.25, 0.3) is 0 Å². The quantitative estimate of drug-likeness (QED) is 0.380. The lowest BCUT2D eigenvalue weighted by Crippen LogP contribution is -2.51. The molecule has 8 heteroatoms. The van der Waals surface area contributed by atoms with E-state index in [2.05, 4.69) is 21.2 Å². The van der Waals surface area contributed by atoms with Gasteiger partial charge in [-0.3, -0.25) is 9.59 Å². The molecule has 0 radical (unpaired) electrons. The van der Waals surface area contributed by atoms with Crippen molar-refractivity contribution in [1.29, 1.82) is 0 Å². The summed E-state index contributed by atoms with van der Waals surface area (Å²) >= 11 is 17.7. The standard InChI is InChI=1S/C23H27BrCl2N2O2S/c1-4-21(23(30)27-15(2)3)28(12-18-19(25)6-5-7-20(18)26)22(29)14-31-13-16-8-10-17(24)11-9-16/h5-11,15,21H,4,12-14H2,1-3H3,(H,27,30)/t21-/m1/s1. The highest BCUT2D eigenvalue weighted by molar-refractivity contribution is 9.10. The minimum atomic E-state index is -0.601. The van der Waals surface area contributed by atoms with Crippen LogP contribution in [0.15, 0.2) is 46.9 Å². The molecule has 168 valence electrons. The van der Waals surface area contributed by atoms with E-state index in [9.17, 15) is 9.59 Å². The molecule has 0 spiro atoms. The molecule has 4 nitrogen and oxygen atoms in total. The van der Waals surface area contributed by atoms with Crippen molar-refractivity contribution in [3.63, 3.8) is 0 Å². The molecule has 2 amide bonds. The lowest BCUT2D eigenvalue weighted by Gasteiger charge is -2.31. The smallest absolute Gasteiger partial charge is 0.243 e. The molecule has 0 aromatic heterocycles. The molecule has 0 aliphatic heterocycles. The molecule has 0 saturated heterocycles. The predicted molar refractivity (Wildman–Crippen MR) is 135 cm³/mol. The average molecular weight is 546 g/mol. The van der Waals surface area contributed by atoms with Gasteiger partial charge in [-0.1, -0.05) is 64.3 Å². The van der Waals surface area contributed by atoms with Gasteiger partial charge in [-0.15, -0.1) is 11.8 Å². The van der Waals surface area contributed by atoms with Crippen LogP contribution in [-0.4, -0.2) is 34.6 Å². The normalized spacial score (nSPS) is 12.0. The second-order valence-corrected chi connectivity index (χ2v) is 10.1. The molecule has 1 atom stereocenters. The third-order valence-electron chi connectivity index (χ3n) is 4.61. The van der Waals surface area contributed by atoms with E-state index < -0.39 is 6.04 Å². The number of halogens is 3. The van der Waals surface area contributed by atoms with E-state index in [0.29, 0.717) is 27.8 Å². The molecule has 0 bridgehead atoms. The van der Waals surface area contributed by atoms with Crippen LogP contribution >= 0.6 is 50.9 Å². The second kappa shape index (κ2) is 12.7. The van der Waals surface area contributed by atoms with Crippen LogP contribution in [0.5, 0.6) is 0 Å². The van der Waals surface area contributed by atoms with Gasteiger partial charge in [0.05, 0.1) is 5.75 Å². The fourth-order valence-corrected chi connectivity index (χ4v) is 4.73. The van der Waals surface area contributed by atoms with Crippen molar-refractivity contribution in [2.24, 2.45) is 0 Å². The maximum absolute atomic E-state index is 13.2. The number of nitrogens with zero attached hydrogens (tertiary/aromatic N) is 1. The molecule has 2 aromatic rings. The summed E-state index contributed by atoms with van der Waals surface area (Å²) in [5, 5.41) is 3.88. The Morgan fingerprint density at radius 1 is 1.10 bits per heavy atom. The van der Waals surface area contributed by atoms with E-state index in [-0.39, 0.29) is 30.2 Å².